The van der Waals surface area contributed by atoms with E-state index in [-0.39, 0.29) is 30.1 Å². The van der Waals surface area contributed by atoms with E-state index in [1.54, 1.807) is 6.07 Å². The number of aliphatic carboxylic acids is 1. The second-order valence-electron chi connectivity index (χ2n) is 4.92. The largest absolute Gasteiger partial charge is 0.481 e. The molecular formula is C12H13N3O4S. The highest BCUT2D eigenvalue weighted by Gasteiger charge is 2.45. The summed E-state index contributed by atoms with van der Waals surface area (Å²) in [4.78, 5) is 14.7. The Morgan fingerprint density at radius 2 is 2.30 bits per heavy atom. The zero-order chi connectivity index (χ0) is 15.0. The molecule has 1 aromatic rings. The number of nitrogens with zero attached hydrogens (tertiary/aromatic N) is 3. The SMILES string of the molecule is CC1(C(=O)O)CCN(S(=O)(=O)c2cccnc2C#N)C1. The van der Waals surface area contributed by atoms with Crippen LogP contribution in [0.15, 0.2) is 23.2 Å². The molecule has 7 nitrogen and oxygen atoms in total. The standard InChI is InChI=1S/C12H13N3O4S/c1-12(11(16)17)4-6-15(8-12)20(18,19)10-3-2-5-14-9(10)7-13/h2-3,5H,4,6,8H2,1H3,(H,16,17). The summed E-state index contributed by atoms with van der Waals surface area (Å²) in [5, 5.41) is 18.1. The van der Waals surface area contributed by atoms with Gasteiger partial charge in [-0.15, -0.1) is 0 Å². The second-order valence-corrected chi connectivity index (χ2v) is 6.82. The number of hydrogen-bond donors (Lipinski definition) is 1. The van der Waals surface area contributed by atoms with Crippen LogP contribution in [0.3, 0.4) is 0 Å². The van der Waals surface area contributed by atoms with Gasteiger partial charge < -0.3 is 5.11 Å². The molecule has 1 fully saturated rings. The monoisotopic (exact) mass is 295 g/mol. The Bertz CT molecular complexity index is 695. The van der Waals surface area contributed by atoms with Gasteiger partial charge in [-0.05, 0) is 25.5 Å². The number of carbonyl (C=O) groups is 1. The molecule has 2 heterocycles. The van der Waals surface area contributed by atoms with Crippen LogP contribution in [0.4, 0.5) is 0 Å². The van der Waals surface area contributed by atoms with E-state index in [0.717, 1.165) is 4.31 Å². The molecule has 1 unspecified atom stereocenters. The van der Waals surface area contributed by atoms with Gasteiger partial charge in [0.2, 0.25) is 10.0 Å². The number of aromatic nitrogens is 1. The van der Waals surface area contributed by atoms with Crippen molar-refractivity contribution < 1.29 is 18.3 Å². The van der Waals surface area contributed by atoms with E-state index in [0.29, 0.717) is 0 Å². The zero-order valence-corrected chi connectivity index (χ0v) is 11.6. The van der Waals surface area contributed by atoms with Crippen molar-refractivity contribution in [3.05, 3.63) is 24.0 Å². The summed E-state index contributed by atoms with van der Waals surface area (Å²) in [6, 6.07) is 4.47. The first-order chi connectivity index (χ1) is 9.31. The molecule has 1 atom stereocenters. The summed E-state index contributed by atoms with van der Waals surface area (Å²) in [5.74, 6) is -1.03. The third-order valence-electron chi connectivity index (χ3n) is 3.45. The Balaban J connectivity index is 2.39. The van der Waals surface area contributed by atoms with E-state index in [9.17, 15) is 13.2 Å². The van der Waals surface area contributed by atoms with Crippen LogP contribution in [0.2, 0.25) is 0 Å². The minimum atomic E-state index is -3.90. The summed E-state index contributed by atoms with van der Waals surface area (Å²) < 4.78 is 26.0. The topological polar surface area (TPSA) is 111 Å². The highest BCUT2D eigenvalue weighted by atomic mass is 32.2. The van der Waals surface area contributed by atoms with E-state index in [1.165, 1.54) is 25.3 Å². The number of nitriles is 1. The van der Waals surface area contributed by atoms with Crippen molar-refractivity contribution in [1.82, 2.24) is 9.29 Å². The molecule has 1 aliphatic heterocycles. The van der Waals surface area contributed by atoms with Gasteiger partial charge in [0, 0.05) is 19.3 Å². The number of sulfonamides is 1. The van der Waals surface area contributed by atoms with E-state index in [1.807, 2.05) is 0 Å². The van der Waals surface area contributed by atoms with Crippen LogP contribution in [0, 0.1) is 16.7 Å². The molecule has 0 radical (unpaired) electrons. The van der Waals surface area contributed by atoms with Gasteiger partial charge >= 0.3 is 5.97 Å². The van der Waals surface area contributed by atoms with Gasteiger partial charge in [0.05, 0.1) is 5.41 Å². The van der Waals surface area contributed by atoms with Crippen molar-refractivity contribution in [1.29, 1.82) is 5.26 Å². The first kappa shape index (κ1) is 14.4. The van der Waals surface area contributed by atoms with Crippen LogP contribution in [-0.4, -0.2) is 41.9 Å². The van der Waals surface area contributed by atoms with Crippen molar-refractivity contribution in [3.63, 3.8) is 0 Å². The van der Waals surface area contributed by atoms with Gasteiger partial charge in [-0.3, -0.25) is 4.79 Å². The van der Waals surface area contributed by atoms with Gasteiger partial charge in [-0.2, -0.15) is 9.57 Å². The fourth-order valence-corrected chi connectivity index (χ4v) is 3.78. The lowest BCUT2D eigenvalue weighted by atomic mass is 9.90. The number of carboxylic acids is 1. The van der Waals surface area contributed by atoms with Gasteiger partial charge in [0.15, 0.2) is 5.69 Å². The van der Waals surface area contributed by atoms with Crippen LogP contribution in [0.1, 0.15) is 19.0 Å². The molecule has 0 amide bonds. The van der Waals surface area contributed by atoms with E-state index >= 15 is 0 Å². The molecule has 1 aliphatic rings. The summed E-state index contributed by atoms with van der Waals surface area (Å²) in [5.41, 5.74) is -1.28. The molecule has 2 rings (SSSR count). The van der Waals surface area contributed by atoms with Crippen LogP contribution in [-0.2, 0) is 14.8 Å². The van der Waals surface area contributed by atoms with Crippen LogP contribution in [0.5, 0.6) is 0 Å². The average Bonchev–Trinajstić information content (AvgIpc) is 2.83. The van der Waals surface area contributed by atoms with Crippen molar-refractivity contribution in [3.8, 4) is 6.07 Å². The van der Waals surface area contributed by atoms with Crippen molar-refractivity contribution in [2.45, 2.75) is 18.2 Å². The van der Waals surface area contributed by atoms with Crippen LogP contribution >= 0.6 is 0 Å². The molecule has 20 heavy (non-hydrogen) atoms. The molecular weight excluding hydrogens is 282 g/mol. The summed E-state index contributed by atoms with van der Waals surface area (Å²) in [6.45, 7) is 1.52. The maximum atomic E-state index is 12.5. The summed E-state index contributed by atoms with van der Waals surface area (Å²) in [7, 11) is -3.90. The average molecular weight is 295 g/mol. The highest BCUT2D eigenvalue weighted by molar-refractivity contribution is 7.89. The molecule has 8 heteroatoms. The molecule has 106 valence electrons. The molecule has 1 aromatic heterocycles. The fraction of sp³-hybridized carbons (Fsp3) is 0.417. The van der Waals surface area contributed by atoms with Gasteiger partial charge in [-0.25, -0.2) is 13.4 Å². The maximum Gasteiger partial charge on any atom is 0.310 e. The van der Waals surface area contributed by atoms with E-state index in [2.05, 4.69) is 4.98 Å². The summed E-state index contributed by atoms with van der Waals surface area (Å²) >= 11 is 0. The Hall–Kier alpha value is -1.98. The van der Waals surface area contributed by atoms with Crippen molar-refractivity contribution in [2.75, 3.05) is 13.1 Å². The van der Waals surface area contributed by atoms with Gasteiger partial charge in [0.25, 0.3) is 0 Å². The van der Waals surface area contributed by atoms with E-state index in [4.69, 9.17) is 10.4 Å². The smallest absolute Gasteiger partial charge is 0.310 e. The molecule has 0 saturated carbocycles. The fourth-order valence-electron chi connectivity index (χ4n) is 2.12. The Labute approximate surface area is 116 Å². The number of carboxylic acid groups (broad SMARTS) is 1. The quantitative estimate of drug-likeness (QED) is 0.866. The van der Waals surface area contributed by atoms with Gasteiger partial charge in [-0.1, -0.05) is 0 Å². The predicted octanol–water partition coefficient (Wildman–Crippen LogP) is 0.439. The number of hydrogen-bond acceptors (Lipinski definition) is 5. The van der Waals surface area contributed by atoms with Crippen LogP contribution in [0.25, 0.3) is 0 Å². The summed E-state index contributed by atoms with van der Waals surface area (Å²) in [6.07, 6.45) is 1.58. The Morgan fingerprint density at radius 1 is 1.60 bits per heavy atom. The van der Waals surface area contributed by atoms with Gasteiger partial charge in [0.1, 0.15) is 11.0 Å². The molecule has 0 bridgehead atoms. The maximum absolute atomic E-state index is 12.5. The Kier molecular flexibility index (Phi) is 3.50. The van der Waals surface area contributed by atoms with E-state index < -0.39 is 21.4 Å². The Morgan fingerprint density at radius 3 is 2.85 bits per heavy atom. The highest BCUT2D eigenvalue weighted by Crippen LogP contribution is 2.34. The normalized spacial score (nSPS) is 23.4. The predicted molar refractivity (Wildman–Crippen MR) is 68.1 cm³/mol. The first-order valence-corrected chi connectivity index (χ1v) is 7.34. The third-order valence-corrected chi connectivity index (χ3v) is 5.33. The second kappa shape index (κ2) is 4.85. The minimum Gasteiger partial charge on any atom is -0.481 e. The molecule has 0 spiro atoms. The lowest BCUT2D eigenvalue weighted by Gasteiger charge is -2.20. The number of rotatable bonds is 3. The van der Waals surface area contributed by atoms with Crippen molar-refractivity contribution in [2.24, 2.45) is 5.41 Å². The molecule has 0 aliphatic carbocycles. The lowest BCUT2D eigenvalue weighted by molar-refractivity contribution is -0.146. The number of pyridine rings is 1. The van der Waals surface area contributed by atoms with Crippen molar-refractivity contribution >= 4 is 16.0 Å². The van der Waals surface area contributed by atoms with Crippen LogP contribution < -0.4 is 0 Å². The lowest BCUT2D eigenvalue weighted by Crippen LogP contribution is -2.35. The first-order valence-electron chi connectivity index (χ1n) is 5.90. The molecule has 0 aromatic carbocycles. The zero-order valence-electron chi connectivity index (χ0n) is 10.8. The molecule has 1 saturated heterocycles. The molecule has 1 N–H and O–H groups in total. The third kappa shape index (κ3) is 2.26. The minimum absolute atomic E-state index is 0.107.